The lowest BCUT2D eigenvalue weighted by molar-refractivity contribution is -0.130. The quantitative estimate of drug-likeness (QED) is 0.747. The van der Waals surface area contributed by atoms with Crippen molar-refractivity contribution < 1.29 is 14.3 Å². The third kappa shape index (κ3) is 4.45. The van der Waals surface area contributed by atoms with Gasteiger partial charge >= 0.3 is 5.97 Å². The summed E-state index contributed by atoms with van der Waals surface area (Å²) < 4.78 is 6.85. The second kappa shape index (κ2) is 8.43. The number of aromatic nitrogens is 2. The Bertz CT molecular complexity index is 1050. The molecule has 1 N–H and O–H groups in total. The molecule has 0 spiro atoms. The van der Waals surface area contributed by atoms with Crippen LogP contribution in [0.15, 0.2) is 23.0 Å². The van der Waals surface area contributed by atoms with Gasteiger partial charge in [0.1, 0.15) is 11.2 Å². The molecule has 1 aromatic carbocycles. The summed E-state index contributed by atoms with van der Waals surface area (Å²) in [7, 11) is 0. The number of hydrogen-bond acceptors (Lipinski definition) is 6. The highest BCUT2D eigenvalue weighted by Gasteiger charge is 2.32. The fraction of sp³-hybridized carbons (Fsp3) is 0.476. The van der Waals surface area contributed by atoms with Gasteiger partial charge in [0.05, 0.1) is 22.7 Å². The summed E-state index contributed by atoms with van der Waals surface area (Å²) in [4.78, 5) is 41.3. The molecular formula is C21H26N4O4. The molecule has 8 nitrogen and oxygen atoms in total. The fourth-order valence-electron chi connectivity index (χ4n) is 2.76. The van der Waals surface area contributed by atoms with Crippen molar-refractivity contribution >= 4 is 22.9 Å². The van der Waals surface area contributed by atoms with Crippen molar-refractivity contribution in [3.8, 4) is 6.07 Å². The predicted octanol–water partition coefficient (Wildman–Crippen LogP) is 2.32. The number of amides is 1. The Balaban J connectivity index is 2.23. The first kappa shape index (κ1) is 22.1. The van der Waals surface area contributed by atoms with Gasteiger partial charge in [0, 0.05) is 6.54 Å². The number of esters is 1. The Morgan fingerprint density at radius 1 is 1.34 bits per heavy atom. The first-order chi connectivity index (χ1) is 13.5. The van der Waals surface area contributed by atoms with Crippen molar-refractivity contribution in [1.82, 2.24) is 14.9 Å². The molecule has 2 unspecified atom stereocenters. The first-order valence-corrected chi connectivity index (χ1v) is 9.49. The van der Waals surface area contributed by atoms with E-state index in [1.807, 2.05) is 20.8 Å². The van der Waals surface area contributed by atoms with Crippen molar-refractivity contribution in [1.29, 1.82) is 5.26 Å². The molecule has 1 aromatic heterocycles. The second-order valence-corrected chi connectivity index (χ2v) is 7.46. The highest BCUT2D eigenvalue weighted by molar-refractivity contribution is 5.95. The second-order valence-electron chi connectivity index (χ2n) is 7.46. The molecule has 0 aliphatic carbocycles. The average molecular weight is 398 g/mol. The Hall–Kier alpha value is -3.21. The molecule has 2 atom stereocenters. The van der Waals surface area contributed by atoms with Crippen molar-refractivity contribution in [3.05, 3.63) is 39.8 Å². The van der Waals surface area contributed by atoms with Crippen LogP contribution in [0.3, 0.4) is 0 Å². The summed E-state index contributed by atoms with van der Waals surface area (Å²) in [5.41, 5.74) is 0.427. The molecule has 0 saturated carbocycles. The highest BCUT2D eigenvalue weighted by Crippen LogP contribution is 2.17. The van der Waals surface area contributed by atoms with Crippen LogP contribution in [0.4, 0.5) is 0 Å². The first-order valence-electron chi connectivity index (χ1n) is 9.49. The molecule has 0 aliphatic heterocycles. The molecule has 0 saturated heterocycles. The van der Waals surface area contributed by atoms with E-state index in [4.69, 9.17) is 4.74 Å². The van der Waals surface area contributed by atoms with E-state index in [9.17, 15) is 19.6 Å². The van der Waals surface area contributed by atoms with E-state index >= 15 is 0 Å². The van der Waals surface area contributed by atoms with E-state index in [-0.39, 0.29) is 17.0 Å². The van der Waals surface area contributed by atoms with E-state index in [0.717, 1.165) is 0 Å². The Morgan fingerprint density at radius 2 is 2.00 bits per heavy atom. The number of rotatable bonds is 6. The van der Waals surface area contributed by atoms with Gasteiger partial charge < -0.3 is 14.6 Å². The Labute approximate surface area is 169 Å². The van der Waals surface area contributed by atoms with E-state index in [0.29, 0.717) is 23.3 Å². The van der Waals surface area contributed by atoms with Crippen LogP contribution in [0.25, 0.3) is 11.0 Å². The third-order valence-electron chi connectivity index (χ3n) is 5.08. The molecule has 2 rings (SSSR count). The van der Waals surface area contributed by atoms with Gasteiger partial charge in [0.15, 0.2) is 6.10 Å². The van der Waals surface area contributed by atoms with Crippen LogP contribution in [0.5, 0.6) is 0 Å². The number of hydrogen-bond donors (Lipinski definition) is 1. The third-order valence-corrected chi connectivity index (χ3v) is 5.08. The minimum Gasteiger partial charge on any atom is -0.449 e. The van der Waals surface area contributed by atoms with Gasteiger partial charge in [-0.05, 0) is 51.8 Å². The van der Waals surface area contributed by atoms with Crippen LogP contribution < -0.4 is 10.9 Å². The van der Waals surface area contributed by atoms with Crippen molar-refractivity contribution in [3.63, 3.8) is 0 Å². The van der Waals surface area contributed by atoms with Gasteiger partial charge in [0.2, 0.25) is 0 Å². The average Bonchev–Trinajstić information content (AvgIpc) is 2.68. The smallest absolute Gasteiger partial charge is 0.338 e. The fourth-order valence-corrected chi connectivity index (χ4v) is 2.76. The van der Waals surface area contributed by atoms with Crippen molar-refractivity contribution in [2.24, 2.45) is 5.92 Å². The molecule has 0 aliphatic rings. The number of benzene rings is 1. The number of carbonyl (C=O) groups excluding carboxylic acids is 2. The van der Waals surface area contributed by atoms with Crippen molar-refractivity contribution in [2.75, 3.05) is 0 Å². The minimum atomic E-state index is -1.08. The van der Waals surface area contributed by atoms with Gasteiger partial charge in [-0.1, -0.05) is 13.8 Å². The van der Waals surface area contributed by atoms with Gasteiger partial charge in [0.25, 0.3) is 11.5 Å². The lowest BCUT2D eigenvalue weighted by Crippen LogP contribution is -2.52. The van der Waals surface area contributed by atoms with Gasteiger partial charge in [-0.25, -0.2) is 9.78 Å². The maximum Gasteiger partial charge on any atom is 0.338 e. The zero-order valence-electron chi connectivity index (χ0n) is 17.6. The zero-order valence-corrected chi connectivity index (χ0v) is 17.6. The maximum atomic E-state index is 12.5. The zero-order chi connectivity index (χ0) is 21.9. The lowest BCUT2D eigenvalue weighted by atomic mass is 9.90. The molecule has 0 radical (unpaired) electrons. The minimum absolute atomic E-state index is 0.120. The molecular weight excluding hydrogens is 372 g/mol. The maximum absolute atomic E-state index is 12.5. The topological polar surface area (TPSA) is 114 Å². The number of fused-ring (bicyclic) bond motifs is 1. The van der Waals surface area contributed by atoms with E-state index in [1.54, 1.807) is 24.5 Å². The summed E-state index contributed by atoms with van der Waals surface area (Å²) in [6.07, 6.45) is -1.08. The molecule has 154 valence electrons. The normalized spacial score (nSPS) is 14.1. The van der Waals surface area contributed by atoms with E-state index < -0.39 is 23.5 Å². The summed E-state index contributed by atoms with van der Waals surface area (Å²) >= 11 is 0. The standard InChI is InChI=1S/C21H26N4O4/c1-7-25-17-9-8-15(10-16(17)23-13(4)19(25)27)20(28)29-14(5)18(26)24-21(6,11-22)12(2)3/h8-10,12,14H,7H2,1-6H3,(H,24,26). The van der Waals surface area contributed by atoms with Crippen LogP contribution >= 0.6 is 0 Å². The summed E-state index contributed by atoms with van der Waals surface area (Å²) in [5.74, 6) is -1.36. The monoisotopic (exact) mass is 398 g/mol. The lowest BCUT2D eigenvalue weighted by Gasteiger charge is -2.28. The predicted molar refractivity (Wildman–Crippen MR) is 108 cm³/mol. The summed E-state index contributed by atoms with van der Waals surface area (Å²) in [6, 6.07) is 6.79. The molecule has 1 amide bonds. The van der Waals surface area contributed by atoms with Crippen LogP contribution in [0.2, 0.25) is 0 Å². The van der Waals surface area contributed by atoms with Crippen LogP contribution in [-0.2, 0) is 16.1 Å². The van der Waals surface area contributed by atoms with E-state index in [2.05, 4.69) is 16.4 Å². The molecule has 0 bridgehead atoms. The van der Waals surface area contributed by atoms with Gasteiger partial charge in [-0.15, -0.1) is 0 Å². The SMILES string of the molecule is CCn1c(=O)c(C)nc2cc(C(=O)OC(C)C(=O)NC(C)(C#N)C(C)C)ccc21. The summed E-state index contributed by atoms with van der Waals surface area (Å²) in [5, 5.41) is 12.0. The van der Waals surface area contributed by atoms with Crippen LogP contribution in [0, 0.1) is 24.2 Å². The molecule has 0 fully saturated rings. The van der Waals surface area contributed by atoms with Crippen LogP contribution in [0.1, 0.15) is 50.7 Å². The van der Waals surface area contributed by atoms with Crippen LogP contribution in [-0.4, -0.2) is 33.1 Å². The number of nitriles is 1. The molecule has 29 heavy (non-hydrogen) atoms. The Kier molecular flexibility index (Phi) is 6.42. The van der Waals surface area contributed by atoms with Gasteiger partial charge in [-0.3, -0.25) is 9.59 Å². The number of ether oxygens (including phenoxy) is 1. The number of nitrogens with one attached hydrogen (secondary N) is 1. The Morgan fingerprint density at radius 3 is 2.55 bits per heavy atom. The highest BCUT2D eigenvalue weighted by atomic mass is 16.5. The summed E-state index contributed by atoms with van der Waals surface area (Å²) in [6.45, 7) is 10.7. The number of carbonyl (C=O) groups is 2. The van der Waals surface area contributed by atoms with Gasteiger partial charge in [-0.2, -0.15) is 5.26 Å². The number of aryl methyl sites for hydroxylation is 2. The van der Waals surface area contributed by atoms with Crippen molar-refractivity contribution in [2.45, 2.75) is 59.7 Å². The van der Waals surface area contributed by atoms with E-state index in [1.165, 1.54) is 19.1 Å². The molecule has 1 heterocycles. The molecule has 8 heteroatoms. The number of nitrogens with zero attached hydrogens (tertiary/aromatic N) is 3. The largest absolute Gasteiger partial charge is 0.449 e. The molecule has 2 aromatic rings.